The fourth-order valence-corrected chi connectivity index (χ4v) is 2.49. The molecule has 1 aromatic rings. The average Bonchev–Trinajstić information content (AvgIpc) is 2.43. The van der Waals surface area contributed by atoms with Gasteiger partial charge in [0.25, 0.3) is 10.2 Å². The molecule has 1 rings (SSSR count). The second-order valence-electron chi connectivity index (χ2n) is 4.50. The second-order valence-corrected chi connectivity index (χ2v) is 6.37. The number of carbonyl (C=O) groups is 1. The van der Waals surface area contributed by atoms with Crippen LogP contribution in [0.5, 0.6) is 0 Å². The predicted octanol–water partition coefficient (Wildman–Crippen LogP) is 1.45. The predicted molar refractivity (Wildman–Crippen MR) is 76.7 cm³/mol. The molecule has 0 unspecified atom stereocenters. The summed E-state index contributed by atoms with van der Waals surface area (Å²) in [5.74, 6) is -1.00. The van der Waals surface area contributed by atoms with Crippen LogP contribution in [0.4, 0.5) is 0 Å². The molecule has 0 saturated carbocycles. The van der Waals surface area contributed by atoms with Crippen molar-refractivity contribution >= 4 is 16.2 Å². The van der Waals surface area contributed by atoms with Gasteiger partial charge in [0.1, 0.15) is 0 Å². The lowest BCUT2D eigenvalue weighted by Gasteiger charge is -2.17. The molecule has 2 N–H and O–H groups in total. The molecule has 0 aliphatic rings. The van der Waals surface area contributed by atoms with Crippen molar-refractivity contribution in [3.8, 4) is 0 Å². The molecule has 112 valence electrons. The fraction of sp³-hybridized carbons (Fsp3) is 0.462. The quantitative estimate of drug-likeness (QED) is 0.761. The molecule has 6 nitrogen and oxygen atoms in total. The highest BCUT2D eigenvalue weighted by molar-refractivity contribution is 7.87. The number of aromatic carboxylic acids is 1. The molecule has 0 radical (unpaired) electrons. The molecule has 0 saturated heterocycles. The smallest absolute Gasteiger partial charge is 0.335 e. The lowest BCUT2D eigenvalue weighted by molar-refractivity contribution is 0.0697. The molecular formula is C13H20N2O4S. The van der Waals surface area contributed by atoms with Crippen LogP contribution in [-0.4, -0.2) is 37.4 Å². The topological polar surface area (TPSA) is 86.7 Å². The van der Waals surface area contributed by atoms with Gasteiger partial charge in [-0.05, 0) is 24.1 Å². The summed E-state index contributed by atoms with van der Waals surface area (Å²) in [6, 6.07) is 6.09. The zero-order chi connectivity index (χ0) is 15.2. The Morgan fingerprint density at radius 1 is 1.30 bits per heavy atom. The van der Waals surface area contributed by atoms with E-state index in [9.17, 15) is 13.2 Å². The Bertz CT molecular complexity index is 540. The van der Waals surface area contributed by atoms with E-state index in [1.165, 1.54) is 23.5 Å². The van der Waals surface area contributed by atoms with Gasteiger partial charge in [0.15, 0.2) is 0 Å². The summed E-state index contributed by atoms with van der Waals surface area (Å²) in [6.07, 6.45) is 1.74. The van der Waals surface area contributed by atoms with E-state index in [0.717, 1.165) is 12.8 Å². The summed E-state index contributed by atoms with van der Waals surface area (Å²) >= 11 is 0. The van der Waals surface area contributed by atoms with Crippen molar-refractivity contribution < 1.29 is 18.3 Å². The third-order valence-electron chi connectivity index (χ3n) is 2.90. The minimum absolute atomic E-state index is 0.138. The van der Waals surface area contributed by atoms with Crippen molar-refractivity contribution in [2.24, 2.45) is 0 Å². The van der Waals surface area contributed by atoms with Crippen LogP contribution in [0.2, 0.25) is 0 Å². The van der Waals surface area contributed by atoms with Crippen molar-refractivity contribution in [1.29, 1.82) is 0 Å². The molecule has 20 heavy (non-hydrogen) atoms. The average molecular weight is 300 g/mol. The highest BCUT2D eigenvalue weighted by Crippen LogP contribution is 2.06. The minimum atomic E-state index is -3.49. The van der Waals surface area contributed by atoms with E-state index in [-0.39, 0.29) is 12.1 Å². The van der Waals surface area contributed by atoms with Gasteiger partial charge in [0.2, 0.25) is 0 Å². The van der Waals surface area contributed by atoms with Crippen LogP contribution < -0.4 is 4.72 Å². The first-order valence-electron chi connectivity index (χ1n) is 6.40. The standard InChI is InChI=1S/C13H20N2O4S/c1-3-4-9-15(2)20(18,19)14-10-11-5-7-12(8-6-11)13(16)17/h5-8,14H,3-4,9-10H2,1-2H3,(H,16,17). The van der Waals surface area contributed by atoms with E-state index < -0.39 is 16.2 Å². The Morgan fingerprint density at radius 2 is 1.90 bits per heavy atom. The molecule has 1 aromatic carbocycles. The van der Waals surface area contributed by atoms with E-state index >= 15 is 0 Å². The second kappa shape index (κ2) is 7.37. The van der Waals surface area contributed by atoms with Gasteiger partial charge in [-0.25, -0.2) is 4.79 Å². The van der Waals surface area contributed by atoms with Gasteiger partial charge < -0.3 is 5.11 Å². The molecule has 0 amide bonds. The summed E-state index contributed by atoms with van der Waals surface area (Å²) in [5, 5.41) is 8.77. The Hall–Kier alpha value is -1.44. The summed E-state index contributed by atoms with van der Waals surface area (Å²) in [7, 11) is -1.96. The fourth-order valence-electron chi connectivity index (χ4n) is 1.55. The summed E-state index contributed by atoms with van der Waals surface area (Å²) in [6.45, 7) is 2.61. The molecule has 0 atom stereocenters. The molecular weight excluding hydrogens is 280 g/mol. The number of nitrogens with zero attached hydrogens (tertiary/aromatic N) is 1. The van der Waals surface area contributed by atoms with Crippen molar-refractivity contribution in [3.63, 3.8) is 0 Å². The zero-order valence-corrected chi connectivity index (χ0v) is 12.5. The maximum Gasteiger partial charge on any atom is 0.335 e. The van der Waals surface area contributed by atoms with Crippen LogP contribution in [0.1, 0.15) is 35.7 Å². The van der Waals surface area contributed by atoms with Crippen molar-refractivity contribution in [2.75, 3.05) is 13.6 Å². The van der Waals surface area contributed by atoms with Crippen LogP contribution >= 0.6 is 0 Å². The van der Waals surface area contributed by atoms with Gasteiger partial charge in [-0.1, -0.05) is 25.5 Å². The summed E-state index contributed by atoms with van der Waals surface area (Å²) < 4.78 is 27.6. The third kappa shape index (κ3) is 4.92. The number of carboxylic acids is 1. The van der Waals surface area contributed by atoms with Crippen molar-refractivity contribution in [3.05, 3.63) is 35.4 Å². The molecule has 0 aliphatic carbocycles. The molecule has 0 fully saturated rings. The first-order chi connectivity index (χ1) is 9.36. The maximum atomic E-state index is 11.9. The number of hydrogen-bond donors (Lipinski definition) is 2. The molecule has 0 bridgehead atoms. The van der Waals surface area contributed by atoms with Crippen LogP contribution in [0, 0.1) is 0 Å². The number of benzene rings is 1. The highest BCUT2D eigenvalue weighted by atomic mass is 32.2. The largest absolute Gasteiger partial charge is 0.478 e. The van der Waals surface area contributed by atoms with E-state index in [4.69, 9.17) is 5.11 Å². The molecule has 0 aromatic heterocycles. The number of rotatable bonds is 8. The van der Waals surface area contributed by atoms with Gasteiger partial charge in [0, 0.05) is 20.1 Å². The van der Waals surface area contributed by atoms with E-state index in [1.54, 1.807) is 12.1 Å². The van der Waals surface area contributed by atoms with Crippen LogP contribution in [-0.2, 0) is 16.8 Å². The first kappa shape index (κ1) is 16.6. The highest BCUT2D eigenvalue weighted by Gasteiger charge is 2.16. The Kier molecular flexibility index (Phi) is 6.12. The van der Waals surface area contributed by atoms with Gasteiger partial charge in [-0.2, -0.15) is 17.4 Å². The summed E-state index contributed by atoms with van der Waals surface area (Å²) in [5.41, 5.74) is 0.888. The number of hydrogen-bond acceptors (Lipinski definition) is 3. The van der Waals surface area contributed by atoms with E-state index in [1.807, 2.05) is 6.92 Å². The molecule has 0 aliphatic heterocycles. The Morgan fingerprint density at radius 3 is 2.40 bits per heavy atom. The molecule has 0 spiro atoms. The monoisotopic (exact) mass is 300 g/mol. The minimum Gasteiger partial charge on any atom is -0.478 e. The van der Waals surface area contributed by atoms with Crippen LogP contribution in [0.3, 0.4) is 0 Å². The van der Waals surface area contributed by atoms with Crippen LogP contribution in [0.25, 0.3) is 0 Å². The third-order valence-corrected chi connectivity index (χ3v) is 4.41. The van der Waals surface area contributed by atoms with Crippen molar-refractivity contribution in [1.82, 2.24) is 9.03 Å². The molecule has 7 heteroatoms. The number of nitrogens with one attached hydrogen (secondary N) is 1. The van der Waals surface area contributed by atoms with E-state index in [2.05, 4.69) is 4.72 Å². The van der Waals surface area contributed by atoms with Crippen molar-refractivity contribution in [2.45, 2.75) is 26.3 Å². The van der Waals surface area contributed by atoms with E-state index in [0.29, 0.717) is 12.1 Å². The number of carboxylic acid groups (broad SMARTS) is 1. The lowest BCUT2D eigenvalue weighted by Crippen LogP contribution is -2.38. The van der Waals surface area contributed by atoms with Gasteiger partial charge in [-0.3, -0.25) is 0 Å². The Labute approximate surface area is 119 Å². The van der Waals surface area contributed by atoms with Gasteiger partial charge in [-0.15, -0.1) is 0 Å². The maximum absolute atomic E-state index is 11.9. The first-order valence-corrected chi connectivity index (χ1v) is 7.84. The zero-order valence-electron chi connectivity index (χ0n) is 11.7. The Balaban J connectivity index is 2.59. The van der Waals surface area contributed by atoms with Crippen LogP contribution in [0.15, 0.2) is 24.3 Å². The molecule has 0 heterocycles. The SMILES string of the molecule is CCCCN(C)S(=O)(=O)NCc1ccc(C(=O)O)cc1. The number of unbranched alkanes of at least 4 members (excludes halogenated alkanes) is 1. The normalized spacial score (nSPS) is 11.8. The summed E-state index contributed by atoms with van der Waals surface area (Å²) in [4.78, 5) is 10.7. The lowest BCUT2D eigenvalue weighted by atomic mass is 10.1. The van der Waals surface area contributed by atoms with Gasteiger partial charge >= 0.3 is 5.97 Å². The van der Waals surface area contributed by atoms with Gasteiger partial charge in [0.05, 0.1) is 5.56 Å².